The van der Waals surface area contributed by atoms with Crippen LogP contribution in [0.25, 0.3) is 0 Å². The Bertz CT molecular complexity index is 412. The summed E-state index contributed by atoms with van der Waals surface area (Å²) in [6.07, 6.45) is 1.25. The van der Waals surface area contributed by atoms with Gasteiger partial charge in [0.25, 0.3) is 0 Å². The zero-order valence-corrected chi connectivity index (χ0v) is 17.8. The Morgan fingerprint density at radius 2 is 1.50 bits per heavy atom. The van der Waals surface area contributed by atoms with E-state index in [0.717, 1.165) is 5.92 Å². The van der Waals surface area contributed by atoms with Crippen LogP contribution in [0.3, 0.4) is 0 Å². The molecule has 0 aromatic rings. The van der Waals surface area contributed by atoms with Crippen LogP contribution in [0, 0.1) is 5.92 Å². The van der Waals surface area contributed by atoms with Gasteiger partial charge in [-0.05, 0) is 81.6 Å². The van der Waals surface area contributed by atoms with Crippen molar-refractivity contribution in [2.75, 3.05) is 60.4 Å². The van der Waals surface area contributed by atoms with Gasteiger partial charge in [-0.3, -0.25) is 9.80 Å². The van der Waals surface area contributed by atoms with Crippen LogP contribution < -0.4 is 0 Å². The van der Waals surface area contributed by atoms with Gasteiger partial charge in [0.05, 0.1) is 0 Å². The summed E-state index contributed by atoms with van der Waals surface area (Å²) >= 11 is 0. The fourth-order valence-electron chi connectivity index (χ4n) is 3.87. The summed E-state index contributed by atoms with van der Waals surface area (Å²) in [5.41, 5.74) is 1.01. The maximum Gasteiger partial charge on any atom is 0.0429 e. The van der Waals surface area contributed by atoms with E-state index in [-0.39, 0.29) is 0 Å². The molecule has 0 amide bonds. The van der Waals surface area contributed by atoms with Gasteiger partial charge in [0.2, 0.25) is 0 Å². The van der Waals surface area contributed by atoms with E-state index < -0.39 is 0 Å². The molecule has 0 saturated carbocycles. The van der Waals surface area contributed by atoms with Gasteiger partial charge >= 0.3 is 0 Å². The van der Waals surface area contributed by atoms with Gasteiger partial charge in [-0.2, -0.15) is 0 Å². The van der Waals surface area contributed by atoms with Gasteiger partial charge in [0, 0.05) is 49.3 Å². The molecule has 4 heteroatoms. The van der Waals surface area contributed by atoms with Crippen molar-refractivity contribution in [2.24, 2.45) is 5.92 Å². The molecule has 0 unspecified atom stereocenters. The highest BCUT2D eigenvalue weighted by Gasteiger charge is 2.46. The first-order valence-electron chi connectivity index (χ1n) is 9.70. The van der Waals surface area contributed by atoms with Crippen LogP contribution in [-0.2, 0) is 0 Å². The molecule has 4 nitrogen and oxygen atoms in total. The van der Waals surface area contributed by atoms with Gasteiger partial charge in [0.1, 0.15) is 0 Å². The summed E-state index contributed by atoms with van der Waals surface area (Å²) in [7, 11) is 6.71. The second kappa shape index (κ2) is 6.86. The zero-order chi connectivity index (χ0) is 18.3. The number of rotatable bonds is 7. The first-order valence-corrected chi connectivity index (χ1v) is 9.70. The zero-order valence-electron chi connectivity index (χ0n) is 17.8. The van der Waals surface area contributed by atoms with Gasteiger partial charge in [-0.25, -0.2) is 0 Å². The average Bonchev–Trinajstić information content (AvgIpc) is 2.34. The van der Waals surface area contributed by atoms with E-state index in [9.17, 15) is 0 Å². The third-order valence-electron chi connectivity index (χ3n) is 6.58. The number of hydrogen-bond acceptors (Lipinski definition) is 4. The van der Waals surface area contributed by atoms with Gasteiger partial charge < -0.3 is 9.80 Å². The van der Waals surface area contributed by atoms with Gasteiger partial charge in [0.15, 0.2) is 0 Å². The summed E-state index contributed by atoms with van der Waals surface area (Å²) in [4.78, 5) is 10.2. The SMILES string of the molecule is CN(CCC(C)(C)N1CC(C)(N(C)C)C1)CC1CN(C(C)(C)C)C1. The lowest BCUT2D eigenvalue weighted by atomic mass is 9.83. The Labute approximate surface area is 151 Å². The molecule has 2 heterocycles. The van der Waals surface area contributed by atoms with E-state index in [1.165, 1.54) is 45.7 Å². The monoisotopic (exact) mass is 338 g/mol. The van der Waals surface area contributed by atoms with Crippen LogP contribution in [0.1, 0.15) is 48.0 Å². The second-order valence-electron chi connectivity index (χ2n) is 10.5. The Balaban J connectivity index is 1.68. The van der Waals surface area contributed by atoms with Crippen molar-refractivity contribution in [1.82, 2.24) is 19.6 Å². The lowest BCUT2D eigenvalue weighted by Gasteiger charge is -2.58. The van der Waals surface area contributed by atoms with Crippen molar-refractivity contribution in [1.29, 1.82) is 0 Å². The fraction of sp³-hybridized carbons (Fsp3) is 1.00. The van der Waals surface area contributed by atoms with Crippen LogP contribution in [0.15, 0.2) is 0 Å². The number of hydrogen-bond donors (Lipinski definition) is 0. The molecule has 2 aliphatic rings. The van der Waals surface area contributed by atoms with E-state index in [1.807, 2.05) is 0 Å². The van der Waals surface area contributed by atoms with Crippen molar-refractivity contribution in [3.63, 3.8) is 0 Å². The number of likely N-dealkylation sites (N-methyl/N-ethyl adjacent to an activating group) is 1. The van der Waals surface area contributed by atoms with Gasteiger partial charge in [-0.1, -0.05) is 0 Å². The molecule has 24 heavy (non-hydrogen) atoms. The molecule has 0 aliphatic carbocycles. The molecule has 0 atom stereocenters. The molecular weight excluding hydrogens is 296 g/mol. The minimum absolute atomic E-state index is 0.306. The Kier molecular flexibility index (Phi) is 5.76. The van der Waals surface area contributed by atoms with Crippen LogP contribution >= 0.6 is 0 Å². The molecule has 2 rings (SSSR count). The van der Waals surface area contributed by atoms with Gasteiger partial charge in [-0.15, -0.1) is 0 Å². The Morgan fingerprint density at radius 3 is 1.96 bits per heavy atom. The predicted molar refractivity (Wildman–Crippen MR) is 105 cm³/mol. The third-order valence-corrected chi connectivity index (χ3v) is 6.58. The summed E-state index contributed by atoms with van der Waals surface area (Å²) in [6.45, 7) is 21.6. The Hall–Kier alpha value is -0.160. The molecule has 0 aromatic heterocycles. The second-order valence-corrected chi connectivity index (χ2v) is 10.5. The maximum atomic E-state index is 2.66. The smallest absolute Gasteiger partial charge is 0.0429 e. The summed E-state index contributed by atoms with van der Waals surface area (Å²) in [5, 5.41) is 0. The molecule has 0 spiro atoms. The molecule has 2 aliphatic heterocycles. The molecule has 2 saturated heterocycles. The van der Waals surface area contributed by atoms with Crippen LogP contribution in [0.4, 0.5) is 0 Å². The summed E-state index contributed by atoms with van der Waals surface area (Å²) in [5.74, 6) is 0.860. The van der Waals surface area contributed by atoms with Crippen LogP contribution in [0.2, 0.25) is 0 Å². The minimum Gasteiger partial charge on any atom is -0.306 e. The molecule has 0 N–H and O–H groups in total. The summed E-state index contributed by atoms with van der Waals surface area (Å²) < 4.78 is 0. The highest BCUT2D eigenvalue weighted by molar-refractivity contribution is 5.04. The lowest BCUT2D eigenvalue weighted by Crippen LogP contribution is -2.71. The molecule has 2 fully saturated rings. The highest BCUT2D eigenvalue weighted by atomic mass is 15.4. The number of nitrogens with zero attached hydrogens (tertiary/aromatic N) is 4. The first kappa shape index (κ1) is 20.2. The van der Waals surface area contributed by atoms with E-state index in [1.54, 1.807) is 0 Å². The van der Waals surface area contributed by atoms with Crippen molar-refractivity contribution in [2.45, 2.75) is 64.6 Å². The van der Waals surface area contributed by atoms with E-state index in [0.29, 0.717) is 16.6 Å². The lowest BCUT2D eigenvalue weighted by molar-refractivity contribution is -0.0762. The van der Waals surface area contributed by atoms with Crippen molar-refractivity contribution in [3.05, 3.63) is 0 Å². The maximum absolute atomic E-state index is 2.66. The van der Waals surface area contributed by atoms with Crippen molar-refractivity contribution in [3.8, 4) is 0 Å². The largest absolute Gasteiger partial charge is 0.306 e. The van der Waals surface area contributed by atoms with Crippen LogP contribution in [-0.4, -0.2) is 96.6 Å². The quantitative estimate of drug-likeness (QED) is 0.707. The minimum atomic E-state index is 0.306. The van der Waals surface area contributed by atoms with Crippen LogP contribution in [0.5, 0.6) is 0 Å². The van der Waals surface area contributed by atoms with Crippen molar-refractivity contribution < 1.29 is 0 Å². The average molecular weight is 339 g/mol. The van der Waals surface area contributed by atoms with E-state index >= 15 is 0 Å². The predicted octanol–water partition coefficient (Wildman–Crippen LogP) is 2.45. The topological polar surface area (TPSA) is 13.0 Å². The normalized spacial score (nSPS) is 23.6. The van der Waals surface area contributed by atoms with Crippen molar-refractivity contribution >= 4 is 0 Å². The standard InChI is InChI=1S/C20H42N4/c1-18(2,3)23-13-17(14-23)12-22(9)11-10-19(4,5)24-15-20(6,16-24)21(7)8/h17H,10-16H2,1-9H3. The molecule has 142 valence electrons. The first-order chi connectivity index (χ1) is 10.8. The summed E-state index contributed by atoms with van der Waals surface area (Å²) in [6, 6.07) is 0. The third kappa shape index (κ3) is 4.51. The molecule has 0 radical (unpaired) electrons. The number of likely N-dealkylation sites (tertiary alicyclic amines) is 2. The van der Waals surface area contributed by atoms with E-state index in [2.05, 4.69) is 82.3 Å². The fourth-order valence-corrected chi connectivity index (χ4v) is 3.87. The molecule has 0 aromatic carbocycles. The Morgan fingerprint density at radius 1 is 0.958 bits per heavy atom. The molecule has 0 bridgehead atoms. The van der Waals surface area contributed by atoms with E-state index in [4.69, 9.17) is 0 Å². The highest BCUT2D eigenvalue weighted by Crippen LogP contribution is 2.33. The molecular formula is C20H42N4.